The minimum absolute atomic E-state index is 0.0908. The molecule has 1 aromatic heterocycles. The molecule has 2 aromatic carbocycles. The molecule has 1 heterocycles. The highest BCUT2D eigenvalue weighted by molar-refractivity contribution is 5.78. The van der Waals surface area contributed by atoms with Gasteiger partial charge in [-0.3, -0.25) is 0 Å². The summed E-state index contributed by atoms with van der Waals surface area (Å²) in [6.45, 7) is 3.47. The lowest BCUT2D eigenvalue weighted by Gasteiger charge is -2.12. The van der Waals surface area contributed by atoms with Crippen LogP contribution in [0.25, 0.3) is 11.0 Å². The average Bonchev–Trinajstić information content (AvgIpc) is 2.85. The van der Waals surface area contributed by atoms with Gasteiger partial charge in [0.2, 0.25) is 5.95 Å². The maximum Gasteiger partial charge on any atom is 0.204 e. The number of aromatic nitrogens is 2. The zero-order valence-corrected chi connectivity index (χ0v) is 12.1. The summed E-state index contributed by atoms with van der Waals surface area (Å²) in [7, 11) is 0. The summed E-state index contributed by atoms with van der Waals surface area (Å²) >= 11 is 0. The first kappa shape index (κ1) is 13.6. The van der Waals surface area contributed by atoms with Crippen molar-refractivity contribution in [3.8, 4) is 0 Å². The van der Waals surface area contributed by atoms with Crippen molar-refractivity contribution >= 4 is 17.0 Å². The van der Waals surface area contributed by atoms with Crippen LogP contribution in [0.2, 0.25) is 0 Å². The fourth-order valence-electron chi connectivity index (χ4n) is 2.50. The first-order chi connectivity index (χ1) is 10.3. The highest BCUT2D eigenvalue weighted by Crippen LogP contribution is 2.22. The van der Waals surface area contributed by atoms with Crippen molar-refractivity contribution in [2.45, 2.75) is 13.5 Å². The molecule has 2 N–H and O–H groups in total. The lowest BCUT2D eigenvalue weighted by molar-refractivity contribution is 0.310. The zero-order chi connectivity index (χ0) is 14.7. The third-order valence-corrected chi connectivity index (χ3v) is 3.64. The number of aliphatic hydroxyl groups is 1. The molecule has 0 saturated carbocycles. The van der Waals surface area contributed by atoms with E-state index in [0.717, 1.165) is 23.5 Å². The molecule has 0 atom stereocenters. The monoisotopic (exact) mass is 281 g/mol. The van der Waals surface area contributed by atoms with E-state index in [0.29, 0.717) is 6.54 Å². The molecule has 0 bridgehead atoms. The van der Waals surface area contributed by atoms with Gasteiger partial charge in [0.05, 0.1) is 24.2 Å². The van der Waals surface area contributed by atoms with E-state index in [2.05, 4.69) is 52.1 Å². The van der Waals surface area contributed by atoms with E-state index in [1.54, 1.807) is 0 Å². The van der Waals surface area contributed by atoms with Crippen molar-refractivity contribution in [1.29, 1.82) is 0 Å². The molecule has 0 saturated heterocycles. The maximum atomic E-state index is 9.03. The molecular formula is C17H19N3O. The molecule has 0 aliphatic carbocycles. The number of rotatable bonds is 5. The summed E-state index contributed by atoms with van der Waals surface area (Å²) in [6, 6.07) is 16.5. The first-order valence-electron chi connectivity index (χ1n) is 7.14. The molecule has 3 rings (SSSR count). The molecule has 4 heteroatoms. The van der Waals surface area contributed by atoms with Crippen molar-refractivity contribution in [3.63, 3.8) is 0 Å². The lowest BCUT2D eigenvalue weighted by Crippen LogP contribution is -2.12. The molecule has 3 aromatic rings. The molecule has 0 radical (unpaired) electrons. The molecule has 0 spiro atoms. The van der Waals surface area contributed by atoms with Crippen LogP contribution in [-0.4, -0.2) is 27.8 Å². The van der Waals surface area contributed by atoms with Gasteiger partial charge in [-0.25, -0.2) is 4.98 Å². The molecule has 0 amide bonds. The number of para-hydroxylation sites is 2. The summed E-state index contributed by atoms with van der Waals surface area (Å²) in [5, 5.41) is 12.2. The predicted molar refractivity (Wildman–Crippen MR) is 85.6 cm³/mol. The highest BCUT2D eigenvalue weighted by Gasteiger charge is 2.11. The summed E-state index contributed by atoms with van der Waals surface area (Å²) in [5.41, 5.74) is 4.60. The minimum atomic E-state index is 0.0908. The average molecular weight is 281 g/mol. The van der Waals surface area contributed by atoms with Crippen LogP contribution in [0.5, 0.6) is 0 Å². The van der Waals surface area contributed by atoms with E-state index in [4.69, 9.17) is 5.11 Å². The largest absolute Gasteiger partial charge is 0.395 e. The Morgan fingerprint density at radius 1 is 1.10 bits per heavy atom. The van der Waals surface area contributed by atoms with Gasteiger partial charge in [-0.15, -0.1) is 0 Å². The normalized spacial score (nSPS) is 11.0. The Morgan fingerprint density at radius 3 is 2.67 bits per heavy atom. The molecule has 108 valence electrons. The van der Waals surface area contributed by atoms with Gasteiger partial charge < -0.3 is 15.0 Å². The number of nitrogens with zero attached hydrogens (tertiary/aromatic N) is 2. The van der Waals surface area contributed by atoms with Crippen LogP contribution in [0.4, 0.5) is 5.95 Å². The van der Waals surface area contributed by atoms with Crippen LogP contribution >= 0.6 is 0 Å². The van der Waals surface area contributed by atoms with Gasteiger partial charge in [0.25, 0.3) is 0 Å². The van der Waals surface area contributed by atoms with E-state index in [1.807, 2.05) is 18.2 Å². The number of hydrogen-bond donors (Lipinski definition) is 2. The van der Waals surface area contributed by atoms with Gasteiger partial charge >= 0.3 is 0 Å². The predicted octanol–water partition coefficient (Wildman–Crippen LogP) is 2.80. The number of anilines is 1. The second kappa shape index (κ2) is 5.97. The smallest absolute Gasteiger partial charge is 0.204 e. The van der Waals surface area contributed by atoms with Crippen molar-refractivity contribution in [1.82, 2.24) is 9.55 Å². The number of imidazole rings is 1. The number of aliphatic hydroxyl groups excluding tert-OH is 1. The van der Waals surface area contributed by atoms with Gasteiger partial charge in [-0.05, 0) is 30.2 Å². The number of nitrogens with one attached hydrogen (secondary N) is 1. The van der Waals surface area contributed by atoms with E-state index >= 15 is 0 Å². The van der Waals surface area contributed by atoms with Crippen molar-refractivity contribution in [3.05, 3.63) is 59.7 Å². The van der Waals surface area contributed by atoms with Gasteiger partial charge in [0.15, 0.2) is 0 Å². The van der Waals surface area contributed by atoms with E-state index in [-0.39, 0.29) is 6.61 Å². The Bertz CT molecular complexity index is 749. The van der Waals surface area contributed by atoms with Gasteiger partial charge in [-0.1, -0.05) is 36.4 Å². The summed E-state index contributed by atoms with van der Waals surface area (Å²) < 4.78 is 2.16. The zero-order valence-electron chi connectivity index (χ0n) is 12.1. The van der Waals surface area contributed by atoms with Crippen molar-refractivity contribution in [2.75, 3.05) is 18.5 Å². The second-order valence-electron chi connectivity index (χ2n) is 5.09. The molecule has 0 fully saturated rings. The third-order valence-electron chi connectivity index (χ3n) is 3.64. The van der Waals surface area contributed by atoms with Crippen LogP contribution in [0, 0.1) is 6.92 Å². The molecule has 21 heavy (non-hydrogen) atoms. The van der Waals surface area contributed by atoms with Gasteiger partial charge in [0, 0.05) is 6.54 Å². The number of benzene rings is 2. The lowest BCUT2D eigenvalue weighted by atomic mass is 10.1. The summed E-state index contributed by atoms with van der Waals surface area (Å²) in [4.78, 5) is 4.62. The number of fused-ring (bicyclic) bond motifs is 1. The molecule has 0 unspecified atom stereocenters. The molecule has 0 aliphatic heterocycles. The quantitative estimate of drug-likeness (QED) is 0.756. The molecular weight excluding hydrogens is 262 g/mol. The Morgan fingerprint density at radius 2 is 1.86 bits per heavy atom. The fourth-order valence-corrected chi connectivity index (χ4v) is 2.50. The van der Waals surface area contributed by atoms with Crippen LogP contribution in [0.3, 0.4) is 0 Å². The minimum Gasteiger partial charge on any atom is -0.395 e. The van der Waals surface area contributed by atoms with Gasteiger partial charge in [-0.2, -0.15) is 0 Å². The third kappa shape index (κ3) is 2.76. The van der Waals surface area contributed by atoms with Crippen molar-refractivity contribution < 1.29 is 5.11 Å². The fraction of sp³-hybridized carbons (Fsp3) is 0.235. The Hall–Kier alpha value is -2.33. The number of aryl methyl sites for hydroxylation is 1. The topological polar surface area (TPSA) is 50.1 Å². The Labute approximate surface area is 124 Å². The summed E-state index contributed by atoms with van der Waals surface area (Å²) in [5.74, 6) is 0.800. The SMILES string of the molecule is Cc1ccccc1Cn1c(NCCO)nc2ccccc21. The van der Waals surface area contributed by atoms with E-state index in [1.165, 1.54) is 11.1 Å². The highest BCUT2D eigenvalue weighted by atomic mass is 16.3. The number of hydrogen-bond acceptors (Lipinski definition) is 3. The molecule has 4 nitrogen and oxygen atoms in total. The first-order valence-corrected chi connectivity index (χ1v) is 7.14. The van der Waals surface area contributed by atoms with Crippen LogP contribution in [0.1, 0.15) is 11.1 Å². The maximum absolute atomic E-state index is 9.03. The van der Waals surface area contributed by atoms with Gasteiger partial charge in [0.1, 0.15) is 0 Å². The van der Waals surface area contributed by atoms with E-state index < -0.39 is 0 Å². The van der Waals surface area contributed by atoms with Crippen molar-refractivity contribution in [2.24, 2.45) is 0 Å². The Kier molecular flexibility index (Phi) is 3.88. The van der Waals surface area contributed by atoms with Crippen LogP contribution in [-0.2, 0) is 6.54 Å². The summed E-state index contributed by atoms with van der Waals surface area (Å²) in [6.07, 6.45) is 0. The second-order valence-corrected chi connectivity index (χ2v) is 5.09. The van der Waals surface area contributed by atoms with Crippen LogP contribution in [0.15, 0.2) is 48.5 Å². The standard InChI is InChI=1S/C17H19N3O/c1-13-6-2-3-7-14(13)12-20-16-9-5-4-8-15(16)19-17(20)18-10-11-21/h2-9,21H,10-12H2,1H3,(H,18,19). The molecule has 0 aliphatic rings. The Balaban J connectivity index is 2.04. The van der Waals surface area contributed by atoms with E-state index in [9.17, 15) is 0 Å². The van der Waals surface area contributed by atoms with Crippen LogP contribution < -0.4 is 5.32 Å².